The van der Waals surface area contributed by atoms with Gasteiger partial charge in [-0.3, -0.25) is 14.9 Å². The van der Waals surface area contributed by atoms with Gasteiger partial charge in [-0.2, -0.15) is 0 Å². The van der Waals surface area contributed by atoms with Crippen LogP contribution >= 0.6 is 11.6 Å². The number of halogens is 1. The Kier molecular flexibility index (Phi) is 6.90. The van der Waals surface area contributed by atoms with E-state index in [1.807, 2.05) is 32.0 Å². The first-order valence-corrected chi connectivity index (χ1v) is 8.76. The van der Waals surface area contributed by atoms with E-state index in [1.54, 1.807) is 0 Å². The second-order valence-electron chi connectivity index (χ2n) is 5.70. The van der Waals surface area contributed by atoms with Gasteiger partial charge in [0.25, 0.3) is 11.6 Å². The smallest absolute Gasteiger partial charge is 0.340 e. The molecule has 0 atom stereocenters. The summed E-state index contributed by atoms with van der Waals surface area (Å²) in [7, 11) is 0. The van der Waals surface area contributed by atoms with Crippen LogP contribution in [0.4, 0.5) is 11.4 Å². The van der Waals surface area contributed by atoms with Gasteiger partial charge in [-0.25, -0.2) is 4.79 Å². The number of aryl methyl sites for hydroxylation is 2. The monoisotopic (exact) mass is 390 g/mol. The SMILES string of the molecule is CCc1cccc(CC)c1NC(=O)COC(=O)c1ccc([N+](=O)[O-])cc1Cl. The first-order valence-electron chi connectivity index (χ1n) is 8.39. The highest BCUT2D eigenvalue weighted by atomic mass is 35.5. The van der Waals surface area contributed by atoms with Gasteiger partial charge in [-0.05, 0) is 30.0 Å². The highest BCUT2D eigenvalue weighted by Crippen LogP contribution is 2.24. The third-order valence-corrected chi connectivity index (χ3v) is 4.29. The first-order chi connectivity index (χ1) is 12.9. The summed E-state index contributed by atoms with van der Waals surface area (Å²) < 4.78 is 4.99. The number of carbonyl (C=O) groups is 2. The van der Waals surface area contributed by atoms with Gasteiger partial charge >= 0.3 is 5.97 Å². The lowest BCUT2D eigenvalue weighted by molar-refractivity contribution is -0.384. The number of benzene rings is 2. The Morgan fingerprint density at radius 1 is 1.15 bits per heavy atom. The van der Waals surface area contributed by atoms with E-state index in [0.717, 1.165) is 41.8 Å². The number of para-hydroxylation sites is 1. The summed E-state index contributed by atoms with van der Waals surface area (Å²) in [5, 5.41) is 13.4. The van der Waals surface area contributed by atoms with Gasteiger partial charge in [0.15, 0.2) is 6.61 Å². The van der Waals surface area contributed by atoms with Gasteiger partial charge in [-0.1, -0.05) is 43.6 Å². The van der Waals surface area contributed by atoms with E-state index in [1.165, 1.54) is 6.07 Å². The highest BCUT2D eigenvalue weighted by Gasteiger charge is 2.18. The zero-order valence-corrected chi connectivity index (χ0v) is 15.7. The normalized spacial score (nSPS) is 10.3. The van der Waals surface area contributed by atoms with Crippen LogP contribution in [0, 0.1) is 10.1 Å². The number of nitrogens with one attached hydrogen (secondary N) is 1. The summed E-state index contributed by atoms with van der Waals surface area (Å²) in [6.45, 7) is 3.48. The fraction of sp³-hybridized carbons (Fsp3) is 0.263. The Hall–Kier alpha value is -2.93. The van der Waals surface area contributed by atoms with Gasteiger partial charge < -0.3 is 10.1 Å². The van der Waals surface area contributed by atoms with Crippen LogP contribution in [0.15, 0.2) is 36.4 Å². The zero-order chi connectivity index (χ0) is 20.0. The van der Waals surface area contributed by atoms with Gasteiger partial charge in [0, 0.05) is 17.8 Å². The molecule has 1 amide bonds. The molecule has 0 bridgehead atoms. The van der Waals surface area contributed by atoms with E-state index in [2.05, 4.69) is 5.32 Å². The lowest BCUT2D eigenvalue weighted by Crippen LogP contribution is -2.22. The van der Waals surface area contributed by atoms with Crippen LogP contribution in [0.1, 0.15) is 35.3 Å². The lowest BCUT2D eigenvalue weighted by Gasteiger charge is -2.14. The number of carbonyl (C=O) groups excluding carboxylic acids is 2. The molecule has 0 aromatic heterocycles. The number of nitro groups is 1. The van der Waals surface area contributed by atoms with Gasteiger partial charge in [0.2, 0.25) is 0 Å². The molecule has 0 aliphatic heterocycles. The number of ether oxygens (including phenoxy) is 1. The predicted octanol–water partition coefficient (Wildman–Crippen LogP) is 4.17. The standard InChI is InChI=1S/C19H19ClN2O5/c1-3-12-6-5-7-13(4-2)18(12)21-17(23)11-27-19(24)15-9-8-14(22(25)26)10-16(15)20/h5-10H,3-4,11H2,1-2H3,(H,21,23). The van der Waals surface area contributed by atoms with Crippen LogP contribution in [-0.4, -0.2) is 23.4 Å². The van der Waals surface area contributed by atoms with Crippen LogP contribution in [0.2, 0.25) is 5.02 Å². The fourth-order valence-electron chi connectivity index (χ4n) is 2.57. The number of esters is 1. The number of hydrogen-bond donors (Lipinski definition) is 1. The molecule has 0 fully saturated rings. The van der Waals surface area contributed by atoms with Crippen molar-refractivity contribution in [3.8, 4) is 0 Å². The van der Waals surface area contributed by atoms with Crippen molar-refractivity contribution in [3.05, 3.63) is 68.2 Å². The van der Waals surface area contributed by atoms with Crippen molar-refractivity contribution in [2.75, 3.05) is 11.9 Å². The molecular weight excluding hydrogens is 372 g/mol. The van der Waals surface area contributed by atoms with Crippen LogP contribution in [0.3, 0.4) is 0 Å². The minimum absolute atomic E-state index is 0.0433. The largest absolute Gasteiger partial charge is 0.452 e. The van der Waals surface area contributed by atoms with E-state index >= 15 is 0 Å². The molecule has 27 heavy (non-hydrogen) atoms. The van der Waals surface area contributed by atoms with Crippen molar-refractivity contribution in [1.82, 2.24) is 0 Å². The summed E-state index contributed by atoms with van der Waals surface area (Å²) in [5.74, 6) is -1.30. The van der Waals surface area contributed by atoms with E-state index in [-0.39, 0.29) is 16.3 Å². The molecule has 142 valence electrons. The molecular formula is C19H19ClN2O5. The number of anilines is 1. The second kappa shape index (κ2) is 9.14. The van der Waals surface area contributed by atoms with Crippen molar-refractivity contribution in [2.24, 2.45) is 0 Å². The number of amides is 1. The summed E-state index contributed by atoms with van der Waals surface area (Å²) in [4.78, 5) is 34.4. The van der Waals surface area contributed by atoms with Crippen LogP contribution in [-0.2, 0) is 22.4 Å². The number of hydrogen-bond acceptors (Lipinski definition) is 5. The maximum absolute atomic E-state index is 12.2. The lowest BCUT2D eigenvalue weighted by atomic mass is 10.0. The molecule has 0 unspecified atom stereocenters. The van der Waals surface area contributed by atoms with Crippen LogP contribution in [0.25, 0.3) is 0 Å². The average molecular weight is 391 g/mol. The molecule has 0 aliphatic carbocycles. The second-order valence-corrected chi connectivity index (χ2v) is 6.11. The molecule has 8 heteroatoms. The Labute approximate surface area is 161 Å². The molecule has 7 nitrogen and oxygen atoms in total. The minimum Gasteiger partial charge on any atom is -0.452 e. The Balaban J connectivity index is 2.04. The van der Waals surface area contributed by atoms with Crippen molar-refractivity contribution < 1.29 is 19.2 Å². The molecule has 2 aromatic carbocycles. The number of non-ortho nitro benzene ring substituents is 1. The summed E-state index contributed by atoms with van der Waals surface area (Å²) in [6, 6.07) is 9.19. The van der Waals surface area contributed by atoms with E-state index < -0.39 is 23.4 Å². The number of rotatable bonds is 7. The number of nitrogens with zero attached hydrogens (tertiary/aromatic N) is 1. The molecule has 1 N–H and O–H groups in total. The van der Waals surface area contributed by atoms with E-state index in [0.29, 0.717) is 0 Å². The molecule has 2 rings (SSSR count). The zero-order valence-electron chi connectivity index (χ0n) is 15.0. The third kappa shape index (κ3) is 5.04. The summed E-state index contributed by atoms with van der Waals surface area (Å²) in [6.07, 6.45) is 1.50. The van der Waals surface area contributed by atoms with Gasteiger partial charge in [0.05, 0.1) is 15.5 Å². The summed E-state index contributed by atoms with van der Waals surface area (Å²) >= 11 is 5.89. The molecule has 0 radical (unpaired) electrons. The maximum Gasteiger partial charge on any atom is 0.340 e. The van der Waals surface area contributed by atoms with Crippen molar-refractivity contribution in [3.63, 3.8) is 0 Å². The number of nitro benzene ring substituents is 1. The van der Waals surface area contributed by atoms with Crippen molar-refractivity contribution in [1.29, 1.82) is 0 Å². The first kappa shape index (κ1) is 20.4. The van der Waals surface area contributed by atoms with Crippen LogP contribution < -0.4 is 5.32 Å². The molecule has 0 spiro atoms. The average Bonchev–Trinajstić information content (AvgIpc) is 2.66. The molecule has 0 saturated carbocycles. The quantitative estimate of drug-likeness (QED) is 0.434. The molecule has 0 aliphatic rings. The Morgan fingerprint density at radius 2 is 1.78 bits per heavy atom. The van der Waals surface area contributed by atoms with Crippen molar-refractivity contribution >= 4 is 34.9 Å². The third-order valence-electron chi connectivity index (χ3n) is 3.98. The summed E-state index contributed by atoms with van der Waals surface area (Å²) in [5.41, 5.74) is 2.44. The minimum atomic E-state index is -0.829. The fourth-order valence-corrected chi connectivity index (χ4v) is 2.82. The highest BCUT2D eigenvalue weighted by molar-refractivity contribution is 6.33. The molecule has 2 aromatic rings. The Bertz CT molecular complexity index is 860. The van der Waals surface area contributed by atoms with Gasteiger partial charge in [-0.15, -0.1) is 0 Å². The molecule has 0 saturated heterocycles. The van der Waals surface area contributed by atoms with Gasteiger partial charge in [0.1, 0.15) is 0 Å². The topological polar surface area (TPSA) is 98.5 Å². The van der Waals surface area contributed by atoms with Crippen molar-refractivity contribution in [2.45, 2.75) is 26.7 Å². The molecule has 0 heterocycles. The van der Waals surface area contributed by atoms with Crippen LogP contribution in [0.5, 0.6) is 0 Å². The maximum atomic E-state index is 12.2. The van der Waals surface area contributed by atoms with E-state index in [9.17, 15) is 19.7 Å². The van der Waals surface area contributed by atoms with E-state index in [4.69, 9.17) is 16.3 Å². The Morgan fingerprint density at radius 3 is 2.30 bits per heavy atom. The predicted molar refractivity (Wildman–Crippen MR) is 102 cm³/mol.